The number of carbonyl (C=O) groups is 5. The number of amides is 5. The van der Waals surface area contributed by atoms with Crippen molar-refractivity contribution in [2.75, 3.05) is 42.1 Å². The Morgan fingerprint density at radius 1 is 0.948 bits per heavy atom. The number of rotatable bonds is 15. The van der Waals surface area contributed by atoms with Crippen LogP contribution in [0.15, 0.2) is 84.5 Å². The fraction of sp³-hybridized carbons (Fsp3) is 0.214. The Bertz CT molecular complexity index is 2400. The molecule has 6 N–H and O–H groups in total. The maximum atomic E-state index is 13.1. The number of thiazole rings is 1. The first-order valence-electron chi connectivity index (χ1n) is 18.6. The highest BCUT2D eigenvalue weighted by Gasteiger charge is 2.26. The van der Waals surface area contributed by atoms with Crippen molar-refractivity contribution in [3.8, 4) is 17.0 Å². The van der Waals surface area contributed by atoms with E-state index in [1.54, 1.807) is 60.9 Å². The third-order valence-electron chi connectivity index (χ3n) is 9.31. The zero-order valence-corrected chi connectivity index (χ0v) is 33.2. The highest BCUT2D eigenvalue weighted by atomic mass is 32.1. The van der Waals surface area contributed by atoms with Crippen molar-refractivity contribution in [1.29, 1.82) is 0 Å². The summed E-state index contributed by atoms with van der Waals surface area (Å²) in [7, 11) is 0. The van der Waals surface area contributed by atoms with Crippen molar-refractivity contribution in [2.24, 2.45) is 0 Å². The Morgan fingerprint density at radius 3 is 2.52 bits per heavy atom. The molecule has 6 rings (SSSR count). The zero-order valence-electron chi connectivity index (χ0n) is 32.4. The molecule has 16 heteroatoms. The van der Waals surface area contributed by atoms with Crippen LogP contribution in [0.3, 0.4) is 0 Å². The van der Waals surface area contributed by atoms with Gasteiger partial charge in [-0.2, -0.15) is 0 Å². The van der Waals surface area contributed by atoms with E-state index in [9.17, 15) is 24.0 Å². The molecule has 298 valence electrons. The van der Waals surface area contributed by atoms with E-state index in [1.165, 1.54) is 11.3 Å². The first-order valence-corrected chi connectivity index (χ1v) is 19.5. The van der Waals surface area contributed by atoms with Crippen molar-refractivity contribution in [3.05, 3.63) is 118 Å². The van der Waals surface area contributed by atoms with E-state index in [0.29, 0.717) is 62.3 Å². The minimum absolute atomic E-state index is 0.150. The second-order valence-corrected chi connectivity index (χ2v) is 14.0. The van der Waals surface area contributed by atoms with Crippen LogP contribution in [0.25, 0.3) is 22.9 Å². The maximum Gasteiger partial charge on any atom is 0.336 e. The number of ether oxygens (including phenoxy) is 1. The molecule has 0 atom stereocenters. The van der Waals surface area contributed by atoms with Gasteiger partial charge in [-0.05, 0) is 86.6 Å². The van der Waals surface area contributed by atoms with E-state index in [-0.39, 0.29) is 24.1 Å². The Morgan fingerprint density at radius 2 is 1.74 bits per heavy atom. The molecule has 15 nitrogen and oxygen atoms in total. The van der Waals surface area contributed by atoms with Gasteiger partial charge in [0, 0.05) is 83.4 Å². The molecular weight excluding hydrogens is 759 g/mol. The lowest BCUT2D eigenvalue weighted by molar-refractivity contribution is -0.129. The quantitative estimate of drug-likeness (QED) is 0.0409. The van der Waals surface area contributed by atoms with E-state index < -0.39 is 17.9 Å². The van der Waals surface area contributed by atoms with E-state index in [2.05, 4.69) is 60.3 Å². The van der Waals surface area contributed by atoms with E-state index in [1.807, 2.05) is 31.4 Å². The van der Waals surface area contributed by atoms with Gasteiger partial charge in [0.2, 0.25) is 5.91 Å². The van der Waals surface area contributed by atoms with Crippen LogP contribution < -0.4 is 31.3 Å². The first kappa shape index (κ1) is 40.7. The molecule has 2 aromatic carbocycles. The number of hydrogen-bond acceptors (Lipinski definition) is 10. The molecule has 0 spiro atoms. The van der Waals surface area contributed by atoms with Crippen LogP contribution in [0, 0.1) is 13.8 Å². The van der Waals surface area contributed by atoms with Crippen molar-refractivity contribution in [1.82, 2.24) is 30.5 Å². The normalized spacial score (nSPS) is 12.7. The molecule has 0 saturated carbocycles. The maximum absolute atomic E-state index is 13.1. The van der Waals surface area contributed by atoms with Gasteiger partial charge >= 0.3 is 12.0 Å². The number of anilines is 3. The number of carbonyl (C=O) groups excluding carboxylic acids is 5. The molecule has 4 heterocycles. The van der Waals surface area contributed by atoms with Gasteiger partial charge in [-0.25, -0.2) is 14.6 Å². The average Bonchev–Trinajstić information content (AvgIpc) is 3.89. The molecule has 0 bridgehead atoms. The minimum atomic E-state index is -0.783. The third-order valence-corrected chi connectivity index (χ3v) is 10.1. The standard InChI is InChI=1S/C42H43N9O6S/c1-5-51(6-2)19-18-44-40(55)38-25(3)34(46-26(38)4)22-32-31-21-29(10-11-33(31)48-39(32)54)47-36(52)12-13-37(53)57-30-9-7-8-27(20-30)23-45-41(56)50-42-49-35(24-58-42)28-14-16-43-17-15-28/h7-17,20-22,24,46H,5-6,18-19,23H2,1-4H3,(H,44,55)(H,47,52)(H,48,54)(H2,45,49,50,56)/b13-12-,32-22-. The predicted octanol–water partition coefficient (Wildman–Crippen LogP) is 6.14. The summed E-state index contributed by atoms with van der Waals surface area (Å²) < 4.78 is 5.39. The zero-order chi connectivity index (χ0) is 41.2. The average molecular weight is 802 g/mol. The van der Waals surface area contributed by atoms with Crippen molar-refractivity contribution in [3.63, 3.8) is 0 Å². The summed E-state index contributed by atoms with van der Waals surface area (Å²) in [6, 6.07) is 14.8. The molecule has 5 amide bonds. The van der Waals surface area contributed by atoms with Gasteiger partial charge in [0.05, 0.1) is 16.8 Å². The Hall–Kier alpha value is -6.91. The van der Waals surface area contributed by atoms with Crippen molar-refractivity contribution >= 4 is 69.2 Å². The molecule has 0 fully saturated rings. The van der Waals surface area contributed by atoms with Crippen LogP contribution in [0.1, 0.15) is 52.3 Å². The highest BCUT2D eigenvalue weighted by Crippen LogP contribution is 2.36. The van der Waals surface area contributed by atoms with Crippen LogP contribution in [0.4, 0.5) is 21.3 Å². The smallest absolute Gasteiger partial charge is 0.336 e. The summed E-state index contributed by atoms with van der Waals surface area (Å²) in [6.45, 7) is 11.0. The molecule has 0 unspecified atom stereocenters. The number of likely N-dealkylation sites (N-methyl/N-ethyl adjacent to an activating group) is 1. The summed E-state index contributed by atoms with van der Waals surface area (Å²) in [4.78, 5) is 77.9. The molecular formula is C42H43N9O6S. The number of fused-ring (bicyclic) bond motifs is 1. The predicted molar refractivity (Wildman–Crippen MR) is 224 cm³/mol. The molecule has 1 aliphatic rings. The monoisotopic (exact) mass is 801 g/mol. The van der Waals surface area contributed by atoms with Crippen LogP contribution in [-0.2, 0) is 20.9 Å². The fourth-order valence-electron chi connectivity index (χ4n) is 6.28. The number of aromatic nitrogens is 3. The highest BCUT2D eigenvalue weighted by molar-refractivity contribution is 7.14. The number of pyridine rings is 1. The van der Waals surface area contributed by atoms with Gasteiger partial charge in [-0.1, -0.05) is 26.0 Å². The SMILES string of the molecule is CCN(CC)CCNC(=O)c1c(C)[nH]c(/C=C2\C(=O)Nc3ccc(NC(=O)/C=C\C(=O)Oc4cccc(CNC(=O)Nc5nc(-c6ccncc6)cs5)c4)cc32)c1C. The molecule has 58 heavy (non-hydrogen) atoms. The minimum Gasteiger partial charge on any atom is -0.423 e. The van der Waals surface area contributed by atoms with Gasteiger partial charge in [-0.3, -0.25) is 24.7 Å². The molecule has 3 aromatic heterocycles. The van der Waals surface area contributed by atoms with Crippen LogP contribution >= 0.6 is 11.3 Å². The van der Waals surface area contributed by atoms with E-state index in [4.69, 9.17) is 4.74 Å². The molecule has 0 radical (unpaired) electrons. The number of H-pyrrole nitrogens is 1. The van der Waals surface area contributed by atoms with Gasteiger partial charge in [0.25, 0.3) is 11.8 Å². The first-order chi connectivity index (χ1) is 28.0. The summed E-state index contributed by atoms with van der Waals surface area (Å²) in [5.41, 5.74) is 6.71. The molecule has 0 aliphatic carbocycles. The summed E-state index contributed by atoms with van der Waals surface area (Å²) in [5, 5.41) is 16.3. The number of aromatic amines is 1. The van der Waals surface area contributed by atoms with E-state index >= 15 is 0 Å². The topological polar surface area (TPSA) is 200 Å². The number of benzene rings is 2. The Kier molecular flexibility index (Phi) is 13.2. The lowest BCUT2D eigenvalue weighted by Crippen LogP contribution is -2.35. The summed E-state index contributed by atoms with van der Waals surface area (Å²) in [6.07, 6.45) is 7.08. The number of aryl methyl sites for hydroxylation is 1. The van der Waals surface area contributed by atoms with Crippen LogP contribution in [-0.4, -0.2) is 75.8 Å². The lowest BCUT2D eigenvalue weighted by Gasteiger charge is -2.18. The molecule has 5 aromatic rings. The van der Waals surface area contributed by atoms with Gasteiger partial charge in [0.15, 0.2) is 5.13 Å². The number of hydrogen-bond donors (Lipinski definition) is 6. The number of esters is 1. The number of nitrogens with one attached hydrogen (secondary N) is 6. The van der Waals surface area contributed by atoms with Gasteiger partial charge in [-0.15, -0.1) is 11.3 Å². The molecule has 0 saturated heterocycles. The van der Waals surface area contributed by atoms with E-state index in [0.717, 1.165) is 43.0 Å². The molecule has 1 aliphatic heterocycles. The fourth-order valence-corrected chi connectivity index (χ4v) is 6.99. The summed E-state index contributed by atoms with van der Waals surface area (Å²) in [5.74, 6) is -1.66. The number of urea groups is 1. The Labute approximate surface area is 339 Å². The van der Waals surface area contributed by atoms with Crippen LogP contribution in [0.5, 0.6) is 5.75 Å². The van der Waals surface area contributed by atoms with Gasteiger partial charge < -0.3 is 35.9 Å². The third kappa shape index (κ3) is 10.3. The second kappa shape index (κ2) is 18.8. The lowest BCUT2D eigenvalue weighted by atomic mass is 10.0. The second-order valence-electron chi connectivity index (χ2n) is 13.2. The van der Waals surface area contributed by atoms with Crippen LogP contribution in [0.2, 0.25) is 0 Å². The Balaban J connectivity index is 1.01. The number of nitrogens with zero attached hydrogens (tertiary/aromatic N) is 3. The van der Waals surface area contributed by atoms with Gasteiger partial charge in [0.1, 0.15) is 5.75 Å². The summed E-state index contributed by atoms with van der Waals surface area (Å²) >= 11 is 1.30. The van der Waals surface area contributed by atoms with Crippen molar-refractivity contribution < 1.29 is 28.7 Å². The largest absolute Gasteiger partial charge is 0.423 e. The van der Waals surface area contributed by atoms with Crippen molar-refractivity contribution in [2.45, 2.75) is 34.2 Å².